The monoisotopic (exact) mass is 780 g/mol. The average Bonchev–Trinajstić information content (AvgIpc) is 4.11. The number of nitrogens with zero attached hydrogens (tertiary/aromatic N) is 2. The van der Waals surface area contributed by atoms with E-state index in [0.717, 1.165) is 49.7 Å². The summed E-state index contributed by atoms with van der Waals surface area (Å²) in [5.74, 6) is 0. The van der Waals surface area contributed by atoms with Crippen LogP contribution in [0.5, 0.6) is 0 Å². The molecule has 13 rings (SSSR count). The predicted octanol–water partition coefficient (Wildman–Crippen LogP) is 16.0. The molecule has 2 nitrogen and oxygen atoms in total. The third-order valence-electron chi connectivity index (χ3n) is 11.6. The second kappa shape index (κ2) is 12.3. The molecule has 0 bridgehead atoms. The highest BCUT2D eigenvalue weighted by Crippen LogP contribution is 2.45. The molecule has 0 atom stereocenters. The van der Waals surface area contributed by atoms with Crippen LogP contribution in [0.4, 0.5) is 0 Å². The number of rotatable bonds is 4. The number of benzene rings is 9. The Bertz CT molecular complexity index is 4080. The van der Waals surface area contributed by atoms with Crippen LogP contribution in [0.15, 0.2) is 194 Å². The Morgan fingerprint density at radius 3 is 1.48 bits per heavy atom. The van der Waals surface area contributed by atoms with Crippen molar-refractivity contribution in [2.75, 3.05) is 0 Å². The van der Waals surface area contributed by atoms with E-state index in [9.17, 15) is 0 Å². The molecule has 0 radical (unpaired) electrons. The highest BCUT2D eigenvalue weighted by Gasteiger charge is 2.22. The smallest absolute Gasteiger partial charge is 0.0645 e. The molecule has 270 valence electrons. The van der Waals surface area contributed by atoms with Crippen molar-refractivity contribution in [1.29, 1.82) is 0 Å². The maximum Gasteiger partial charge on any atom is 0.0645 e. The normalized spacial score (nSPS) is 14.1. The molecule has 0 fully saturated rings. The summed E-state index contributed by atoms with van der Waals surface area (Å²) in [5, 5.41) is 6.74. The first kappa shape index (κ1) is 25.3. The Balaban J connectivity index is 1.14. The largest absolute Gasteiger partial charge is 0.309 e. The standard InChI is InChI=1S/C54H32N2S2/c1-6-19-46-38(12-1)39-13-2-7-20-47(39)55(46)35-26-27-49-43(32-35)40-14-3-8-21-48(40)56(49)54-36(33-24-28-52-44(30-33)41-15-4-9-22-50(41)57-52)17-11-18-37(54)34-25-29-53-45(31-34)42-16-5-10-23-51(42)58-53/h1-32H/i1D,2D,6D,7D,12D,13D,19D,20D. The zero-order valence-electron chi connectivity index (χ0n) is 38.6. The number of hydrogen-bond acceptors (Lipinski definition) is 2. The van der Waals surface area contributed by atoms with Crippen molar-refractivity contribution in [2.45, 2.75) is 0 Å². The fourth-order valence-corrected chi connectivity index (χ4v) is 11.2. The lowest BCUT2D eigenvalue weighted by atomic mass is 9.94. The second-order valence-electron chi connectivity index (χ2n) is 14.7. The number of aromatic nitrogens is 2. The predicted molar refractivity (Wildman–Crippen MR) is 252 cm³/mol. The van der Waals surface area contributed by atoms with Gasteiger partial charge in [-0.3, -0.25) is 0 Å². The van der Waals surface area contributed by atoms with Crippen LogP contribution in [0.1, 0.15) is 11.0 Å². The van der Waals surface area contributed by atoms with Crippen LogP contribution < -0.4 is 0 Å². The van der Waals surface area contributed by atoms with E-state index < -0.39 is 24.2 Å². The van der Waals surface area contributed by atoms with E-state index in [-0.39, 0.29) is 46.0 Å². The first-order valence-corrected chi connectivity index (χ1v) is 20.7. The fraction of sp³-hybridized carbons (Fsp3) is 0. The van der Waals surface area contributed by atoms with Crippen LogP contribution in [0.3, 0.4) is 0 Å². The Morgan fingerprint density at radius 2 is 0.862 bits per heavy atom. The summed E-state index contributed by atoms with van der Waals surface area (Å²) in [6.07, 6.45) is 0. The summed E-state index contributed by atoms with van der Waals surface area (Å²) < 4.78 is 79.6. The van der Waals surface area contributed by atoms with Crippen molar-refractivity contribution >= 4 is 107 Å². The minimum Gasteiger partial charge on any atom is -0.309 e. The molecule has 13 aromatic rings. The molecule has 0 N–H and O–H groups in total. The van der Waals surface area contributed by atoms with Crippen molar-refractivity contribution in [2.24, 2.45) is 0 Å². The van der Waals surface area contributed by atoms with E-state index in [2.05, 4.69) is 120 Å². The van der Waals surface area contributed by atoms with Gasteiger partial charge in [-0.15, -0.1) is 22.7 Å². The highest BCUT2D eigenvalue weighted by molar-refractivity contribution is 7.26. The first-order chi connectivity index (χ1) is 32.1. The first-order valence-electron chi connectivity index (χ1n) is 23.1. The molecule has 4 aromatic heterocycles. The van der Waals surface area contributed by atoms with Gasteiger partial charge in [0.05, 0.1) is 38.7 Å². The second-order valence-corrected chi connectivity index (χ2v) is 16.8. The van der Waals surface area contributed by atoms with Gasteiger partial charge >= 0.3 is 0 Å². The molecule has 0 saturated heterocycles. The Kier molecular flexibility index (Phi) is 5.35. The molecule has 9 aromatic carbocycles. The molecule has 0 aliphatic carbocycles. The summed E-state index contributed by atoms with van der Waals surface area (Å²) in [5.41, 5.74) is 7.74. The number of hydrogen-bond donors (Lipinski definition) is 0. The van der Waals surface area contributed by atoms with E-state index in [1.54, 1.807) is 27.2 Å². The molecule has 0 spiro atoms. The molecule has 0 unspecified atom stereocenters. The maximum atomic E-state index is 9.16. The molecule has 0 aliphatic heterocycles. The van der Waals surface area contributed by atoms with Gasteiger partial charge in [0, 0.05) is 78.7 Å². The lowest BCUT2D eigenvalue weighted by molar-refractivity contribution is 1.17. The Morgan fingerprint density at radius 1 is 0.345 bits per heavy atom. The molecular formula is C54H32N2S2. The number of fused-ring (bicyclic) bond motifs is 12. The Hall–Kier alpha value is -6.98. The topological polar surface area (TPSA) is 9.86 Å². The highest BCUT2D eigenvalue weighted by atomic mass is 32.1. The lowest BCUT2D eigenvalue weighted by Crippen LogP contribution is -2.01. The van der Waals surface area contributed by atoms with Gasteiger partial charge in [0.25, 0.3) is 0 Å². The van der Waals surface area contributed by atoms with E-state index in [1.165, 1.54) is 40.3 Å². The van der Waals surface area contributed by atoms with Crippen molar-refractivity contribution in [1.82, 2.24) is 9.13 Å². The van der Waals surface area contributed by atoms with Crippen molar-refractivity contribution in [3.63, 3.8) is 0 Å². The fourth-order valence-electron chi connectivity index (χ4n) is 9.06. The molecule has 58 heavy (non-hydrogen) atoms. The Labute approximate surface area is 352 Å². The quantitative estimate of drug-likeness (QED) is 0.168. The molecule has 4 heterocycles. The van der Waals surface area contributed by atoms with Crippen LogP contribution in [-0.4, -0.2) is 9.13 Å². The van der Waals surface area contributed by atoms with Crippen LogP contribution >= 0.6 is 22.7 Å². The molecule has 0 aliphatic rings. The number of para-hydroxylation sites is 4. The molecule has 0 amide bonds. The maximum absolute atomic E-state index is 9.16. The molecule has 4 heteroatoms. The van der Waals surface area contributed by atoms with Crippen LogP contribution in [0.25, 0.3) is 118 Å². The van der Waals surface area contributed by atoms with Gasteiger partial charge in [0.1, 0.15) is 0 Å². The van der Waals surface area contributed by atoms with E-state index in [4.69, 9.17) is 11.0 Å². The summed E-state index contributed by atoms with van der Waals surface area (Å²) in [7, 11) is 0. The van der Waals surface area contributed by atoms with Crippen LogP contribution in [0.2, 0.25) is 0 Å². The van der Waals surface area contributed by atoms with E-state index in [0.29, 0.717) is 5.69 Å². The minimum absolute atomic E-state index is 0.0508. The van der Waals surface area contributed by atoms with Gasteiger partial charge in [-0.1, -0.05) is 121 Å². The van der Waals surface area contributed by atoms with Gasteiger partial charge in [0.2, 0.25) is 0 Å². The third kappa shape index (κ3) is 4.58. The van der Waals surface area contributed by atoms with Gasteiger partial charge in [-0.2, -0.15) is 0 Å². The van der Waals surface area contributed by atoms with Crippen LogP contribution in [-0.2, 0) is 0 Å². The zero-order valence-corrected chi connectivity index (χ0v) is 32.2. The van der Waals surface area contributed by atoms with Gasteiger partial charge in [0.15, 0.2) is 0 Å². The van der Waals surface area contributed by atoms with Gasteiger partial charge in [-0.05, 0) is 83.9 Å². The van der Waals surface area contributed by atoms with Crippen molar-refractivity contribution in [3.8, 4) is 33.6 Å². The summed E-state index contributed by atoms with van der Waals surface area (Å²) in [4.78, 5) is 0. The summed E-state index contributed by atoms with van der Waals surface area (Å²) in [6, 6.07) is 48.0. The van der Waals surface area contributed by atoms with Gasteiger partial charge < -0.3 is 9.13 Å². The average molecular weight is 781 g/mol. The number of thiophene rings is 2. The van der Waals surface area contributed by atoms with Gasteiger partial charge in [-0.25, -0.2) is 0 Å². The van der Waals surface area contributed by atoms with Crippen molar-refractivity contribution in [3.05, 3.63) is 194 Å². The van der Waals surface area contributed by atoms with E-state index >= 15 is 0 Å². The minimum atomic E-state index is -0.468. The lowest BCUT2D eigenvalue weighted by Gasteiger charge is -2.19. The third-order valence-corrected chi connectivity index (χ3v) is 13.9. The zero-order chi connectivity index (χ0) is 44.9. The molecule has 0 saturated carbocycles. The van der Waals surface area contributed by atoms with Crippen molar-refractivity contribution < 1.29 is 11.0 Å². The van der Waals surface area contributed by atoms with Crippen LogP contribution in [0, 0.1) is 0 Å². The summed E-state index contributed by atoms with van der Waals surface area (Å²) in [6.45, 7) is 0. The summed E-state index contributed by atoms with van der Waals surface area (Å²) >= 11 is 3.58. The SMILES string of the molecule is [2H]c1c([2H])c([2H])c2c(c1[2H])c1c([2H])c([2H])c([2H])c([2H])c1n2-c1ccc2c(c1)c1ccccc1n2-c1c(-c2ccc3sc4ccccc4c3c2)cccc1-c1ccc2sc3ccccc3c2c1. The van der Waals surface area contributed by atoms with E-state index in [1.807, 2.05) is 30.3 Å². The molecular weight excluding hydrogens is 741 g/mol.